The van der Waals surface area contributed by atoms with Gasteiger partial charge in [-0.05, 0) is 93.2 Å². The molecule has 9 rings (SSSR count). The molecule has 0 bridgehead atoms. The standard InChI is InChI=1S/C45H53N11O6/c46-20-5-11-36(34-9-4-10-35-39(34)45(59)55(44(35)58)38-19-28-60-51-62-38)53-24-26-54(27-25-53)37(57)12-6-21-52-22-17-31(18-23-52)56-43-40(42(47)48-29-49-43)41(50-56)30-13-15-33(16-14-30)61-32-7-2-1-3-8-32/h1-4,7-10,13-16,29,31,36,38,51H,5-6,11-12,17-28,46H2,(H2,47,48,49). The highest BCUT2D eigenvalue weighted by Gasteiger charge is 2.44. The molecule has 4 aliphatic rings. The molecular weight excluding hydrogens is 791 g/mol. The molecule has 5 N–H and O–H groups in total. The number of ether oxygens (including phenoxy) is 1. The number of carbonyl (C=O) groups excluding carboxylic acids is 3. The van der Waals surface area contributed by atoms with Gasteiger partial charge in [-0.25, -0.2) is 19.5 Å². The van der Waals surface area contributed by atoms with Crippen molar-refractivity contribution in [3.63, 3.8) is 0 Å². The third-order valence-electron chi connectivity index (χ3n) is 12.5. The summed E-state index contributed by atoms with van der Waals surface area (Å²) in [4.78, 5) is 68.1. The number of amides is 3. The van der Waals surface area contributed by atoms with Crippen LogP contribution in [-0.2, 0) is 14.5 Å². The average molecular weight is 844 g/mol. The van der Waals surface area contributed by atoms with E-state index < -0.39 is 6.23 Å². The van der Waals surface area contributed by atoms with E-state index in [0.29, 0.717) is 69.1 Å². The zero-order chi connectivity index (χ0) is 42.6. The van der Waals surface area contributed by atoms with Crippen LogP contribution in [0.15, 0.2) is 79.1 Å². The summed E-state index contributed by atoms with van der Waals surface area (Å²) in [5.41, 5.74) is 18.8. The van der Waals surface area contributed by atoms with Gasteiger partial charge in [0, 0.05) is 63.7 Å². The molecule has 2 unspecified atom stereocenters. The van der Waals surface area contributed by atoms with E-state index >= 15 is 0 Å². The van der Waals surface area contributed by atoms with Crippen molar-refractivity contribution in [2.75, 3.05) is 64.7 Å². The maximum atomic E-state index is 13.8. The Labute approximate surface area is 359 Å². The Balaban J connectivity index is 0.774. The molecule has 0 saturated carbocycles. The number of nitrogen functional groups attached to an aromatic ring is 1. The van der Waals surface area contributed by atoms with Gasteiger partial charge in [0.2, 0.25) is 5.91 Å². The second-order valence-electron chi connectivity index (χ2n) is 16.3. The van der Waals surface area contributed by atoms with Gasteiger partial charge in [0.05, 0.1) is 29.2 Å². The minimum absolute atomic E-state index is 0.123. The predicted molar refractivity (Wildman–Crippen MR) is 230 cm³/mol. The van der Waals surface area contributed by atoms with Gasteiger partial charge in [-0.3, -0.25) is 29.0 Å². The Morgan fingerprint density at radius 1 is 0.871 bits per heavy atom. The Morgan fingerprint density at radius 2 is 1.65 bits per heavy atom. The number of nitrogens with two attached hydrogens (primary N) is 2. The first-order valence-electron chi connectivity index (χ1n) is 21.7. The number of nitrogens with zero attached hydrogens (tertiary/aromatic N) is 8. The fourth-order valence-corrected chi connectivity index (χ4v) is 9.29. The van der Waals surface area contributed by atoms with Gasteiger partial charge in [0.25, 0.3) is 11.8 Å². The van der Waals surface area contributed by atoms with E-state index in [-0.39, 0.29) is 29.8 Å². The van der Waals surface area contributed by atoms with Crippen molar-refractivity contribution in [3.05, 3.63) is 95.8 Å². The molecule has 0 spiro atoms. The van der Waals surface area contributed by atoms with Crippen LogP contribution in [0.3, 0.4) is 0 Å². The molecule has 3 aromatic carbocycles. The molecular formula is C45H53N11O6. The summed E-state index contributed by atoms with van der Waals surface area (Å²) in [6.45, 7) is 5.95. The highest BCUT2D eigenvalue weighted by Crippen LogP contribution is 2.38. The lowest BCUT2D eigenvalue weighted by atomic mass is 9.92. The van der Waals surface area contributed by atoms with Crippen molar-refractivity contribution in [3.8, 4) is 22.8 Å². The molecule has 62 heavy (non-hydrogen) atoms. The zero-order valence-electron chi connectivity index (χ0n) is 34.7. The smallest absolute Gasteiger partial charge is 0.264 e. The van der Waals surface area contributed by atoms with Crippen LogP contribution in [0.5, 0.6) is 11.5 Å². The Hall–Kier alpha value is -5.82. The Kier molecular flexibility index (Phi) is 12.5. The van der Waals surface area contributed by atoms with Gasteiger partial charge in [-0.2, -0.15) is 5.10 Å². The maximum Gasteiger partial charge on any atom is 0.264 e. The van der Waals surface area contributed by atoms with E-state index in [1.807, 2.05) is 76.3 Å². The van der Waals surface area contributed by atoms with Gasteiger partial charge < -0.3 is 26.0 Å². The topological polar surface area (TPSA) is 200 Å². The third-order valence-corrected chi connectivity index (χ3v) is 12.5. The van der Waals surface area contributed by atoms with Crippen LogP contribution in [0, 0.1) is 0 Å². The number of aromatic nitrogens is 4. The molecule has 0 aliphatic carbocycles. The number of hydrogen-bond donors (Lipinski definition) is 3. The van der Waals surface area contributed by atoms with Crippen molar-refractivity contribution in [1.29, 1.82) is 0 Å². The second-order valence-corrected chi connectivity index (χ2v) is 16.3. The first-order valence-corrected chi connectivity index (χ1v) is 21.7. The van der Waals surface area contributed by atoms with Crippen molar-refractivity contribution in [2.24, 2.45) is 5.73 Å². The van der Waals surface area contributed by atoms with Gasteiger partial charge in [0.1, 0.15) is 29.3 Å². The maximum absolute atomic E-state index is 13.8. The number of nitrogens with one attached hydrogen (secondary N) is 1. The summed E-state index contributed by atoms with van der Waals surface area (Å²) in [6.07, 6.45) is 5.66. The summed E-state index contributed by atoms with van der Waals surface area (Å²) in [7, 11) is 0. The molecule has 324 valence electrons. The van der Waals surface area contributed by atoms with E-state index in [0.717, 1.165) is 91.1 Å². The van der Waals surface area contributed by atoms with E-state index in [9.17, 15) is 14.4 Å². The van der Waals surface area contributed by atoms with Crippen LogP contribution in [0.1, 0.15) is 83.3 Å². The fraction of sp³-hybridized carbons (Fsp3) is 0.422. The van der Waals surface area contributed by atoms with E-state index in [1.54, 1.807) is 6.07 Å². The molecule has 4 aliphatic heterocycles. The Bertz CT molecular complexity index is 2370. The quantitative estimate of drug-likeness (QED) is 0.130. The summed E-state index contributed by atoms with van der Waals surface area (Å²) < 4.78 is 8.03. The fourth-order valence-electron chi connectivity index (χ4n) is 9.29. The predicted octanol–water partition coefficient (Wildman–Crippen LogP) is 4.69. The van der Waals surface area contributed by atoms with E-state index in [4.69, 9.17) is 31.0 Å². The number of fused-ring (bicyclic) bond motifs is 2. The minimum atomic E-state index is -0.752. The summed E-state index contributed by atoms with van der Waals surface area (Å²) in [6, 6.07) is 23.0. The summed E-state index contributed by atoms with van der Waals surface area (Å²) >= 11 is 0. The van der Waals surface area contributed by atoms with Crippen LogP contribution in [-0.4, -0.2) is 122 Å². The molecule has 3 saturated heterocycles. The van der Waals surface area contributed by atoms with Gasteiger partial charge in [-0.1, -0.05) is 36.0 Å². The number of hydrogen-bond acceptors (Lipinski definition) is 14. The third kappa shape index (κ3) is 8.51. The molecule has 17 nitrogen and oxygen atoms in total. The highest BCUT2D eigenvalue weighted by atomic mass is 16.9. The molecule has 0 radical (unpaired) electrons. The lowest BCUT2D eigenvalue weighted by Gasteiger charge is -2.40. The number of rotatable bonds is 14. The number of imide groups is 1. The Morgan fingerprint density at radius 3 is 2.39 bits per heavy atom. The normalized spacial score (nSPS) is 19.6. The van der Waals surface area contributed by atoms with Crippen molar-refractivity contribution in [2.45, 2.75) is 63.3 Å². The summed E-state index contributed by atoms with van der Waals surface area (Å²) in [5, 5.41) is 5.83. The number of likely N-dealkylation sites (tertiary alicyclic amines) is 1. The highest BCUT2D eigenvalue weighted by molar-refractivity contribution is 6.22. The molecule has 3 amide bonds. The number of benzene rings is 3. The number of piperazine rings is 1. The van der Waals surface area contributed by atoms with Gasteiger partial charge in [0.15, 0.2) is 11.9 Å². The molecule has 6 heterocycles. The second kappa shape index (κ2) is 18.7. The van der Waals surface area contributed by atoms with Crippen molar-refractivity contribution >= 4 is 34.6 Å². The molecule has 17 heteroatoms. The number of carbonyl (C=O) groups is 3. The number of para-hydroxylation sites is 1. The number of piperidine rings is 1. The first kappa shape index (κ1) is 41.5. The summed E-state index contributed by atoms with van der Waals surface area (Å²) in [5.74, 6) is 1.33. The van der Waals surface area contributed by atoms with Crippen LogP contribution < -0.4 is 21.8 Å². The molecule has 2 aromatic heterocycles. The lowest BCUT2D eigenvalue weighted by Crippen LogP contribution is -2.50. The molecule has 2 atom stereocenters. The van der Waals surface area contributed by atoms with Crippen LogP contribution in [0.4, 0.5) is 5.82 Å². The minimum Gasteiger partial charge on any atom is -0.457 e. The molecule has 5 aromatic rings. The van der Waals surface area contributed by atoms with Gasteiger partial charge in [-0.15, -0.1) is 0 Å². The largest absolute Gasteiger partial charge is 0.457 e. The van der Waals surface area contributed by atoms with Crippen LogP contribution in [0.25, 0.3) is 22.3 Å². The average Bonchev–Trinajstić information content (AvgIpc) is 3.83. The van der Waals surface area contributed by atoms with E-state index in [1.165, 1.54) is 11.2 Å². The monoisotopic (exact) mass is 843 g/mol. The van der Waals surface area contributed by atoms with Crippen molar-refractivity contribution < 1.29 is 28.8 Å². The molecule has 3 fully saturated rings. The van der Waals surface area contributed by atoms with Crippen molar-refractivity contribution in [1.82, 2.24) is 45.0 Å². The van der Waals surface area contributed by atoms with E-state index in [2.05, 4.69) is 25.4 Å². The van der Waals surface area contributed by atoms with Crippen LogP contribution in [0.2, 0.25) is 0 Å². The first-order chi connectivity index (χ1) is 30.4. The van der Waals surface area contributed by atoms with Crippen LogP contribution >= 0.6 is 0 Å². The number of anilines is 1. The SMILES string of the molecule is NCCCC(c1cccc2c1C(=O)N(C1CCONO1)C2=O)N1CCN(C(=O)CCCN2CCC(n3nc(-c4ccc(Oc5ccccc5)cc4)c4c(N)ncnc43)CC2)CC1. The lowest BCUT2D eigenvalue weighted by molar-refractivity contribution is -0.259. The van der Waals surface area contributed by atoms with Gasteiger partial charge >= 0.3 is 0 Å². The zero-order valence-corrected chi connectivity index (χ0v) is 34.7.